The van der Waals surface area contributed by atoms with Gasteiger partial charge in [-0.05, 0) is 43.5 Å². The van der Waals surface area contributed by atoms with Crippen molar-refractivity contribution in [1.82, 2.24) is 24.4 Å². The molecule has 0 radical (unpaired) electrons. The van der Waals surface area contributed by atoms with E-state index in [0.717, 1.165) is 30.5 Å². The summed E-state index contributed by atoms with van der Waals surface area (Å²) >= 11 is 0. The number of para-hydroxylation sites is 1. The first-order valence-corrected chi connectivity index (χ1v) is 10.0. The summed E-state index contributed by atoms with van der Waals surface area (Å²) < 4.78 is 13.1. The zero-order chi connectivity index (χ0) is 20.3. The first-order valence-electron chi connectivity index (χ1n) is 10.0. The van der Waals surface area contributed by atoms with Crippen LogP contribution in [0.4, 0.5) is 0 Å². The molecule has 1 aliphatic rings. The molecule has 8 nitrogen and oxygen atoms in total. The lowest BCUT2D eigenvalue weighted by Gasteiger charge is -2.33. The number of pyridine rings is 1. The van der Waals surface area contributed by atoms with Crippen molar-refractivity contribution in [3.05, 3.63) is 66.9 Å². The van der Waals surface area contributed by atoms with E-state index in [0.29, 0.717) is 24.0 Å². The quantitative estimate of drug-likeness (QED) is 0.507. The number of nitrogens with zero attached hydrogens (tertiary/aromatic N) is 5. The highest BCUT2D eigenvalue weighted by Gasteiger charge is 2.32. The van der Waals surface area contributed by atoms with E-state index in [9.17, 15) is 4.79 Å². The molecule has 0 aliphatic carbocycles. The normalized spacial score (nSPS) is 16.7. The predicted octanol–water partition coefficient (Wildman–Crippen LogP) is 3.52. The van der Waals surface area contributed by atoms with Crippen LogP contribution in [-0.2, 0) is 4.79 Å². The van der Waals surface area contributed by atoms with Crippen LogP contribution in [0.15, 0.2) is 65.6 Å². The molecule has 0 saturated carbocycles. The molecule has 1 atom stereocenters. The Morgan fingerprint density at radius 1 is 1.17 bits per heavy atom. The van der Waals surface area contributed by atoms with Gasteiger partial charge in [0.05, 0.1) is 0 Å². The van der Waals surface area contributed by atoms with E-state index in [-0.39, 0.29) is 18.6 Å². The Morgan fingerprint density at radius 2 is 2.07 bits per heavy atom. The van der Waals surface area contributed by atoms with Crippen molar-refractivity contribution in [2.24, 2.45) is 0 Å². The molecule has 1 fully saturated rings. The summed E-state index contributed by atoms with van der Waals surface area (Å²) in [6.45, 7) is 0.638. The van der Waals surface area contributed by atoms with Crippen molar-refractivity contribution >= 4 is 11.6 Å². The molecule has 4 heterocycles. The number of hydrogen-bond acceptors (Lipinski definition) is 6. The van der Waals surface area contributed by atoms with Crippen molar-refractivity contribution in [1.29, 1.82) is 0 Å². The fourth-order valence-corrected chi connectivity index (χ4v) is 3.77. The molecular weight excluding hydrogens is 382 g/mol. The molecule has 1 saturated heterocycles. The highest BCUT2D eigenvalue weighted by molar-refractivity contribution is 5.78. The highest BCUT2D eigenvalue weighted by Crippen LogP contribution is 2.31. The largest absolute Gasteiger partial charge is 0.484 e. The molecule has 0 N–H and O–H groups in total. The third-order valence-electron chi connectivity index (χ3n) is 5.30. The fraction of sp³-hybridized carbons (Fsp3) is 0.273. The van der Waals surface area contributed by atoms with Crippen molar-refractivity contribution < 1.29 is 14.1 Å². The molecule has 8 heteroatoms. The Balaban J connectivity index is 1.33. The molecule has 3 aromatic heterocycles. The second-order valence-corrected chi connectivity index (χ2v) is 7.27. The standard InChI is InChI=1S/C22H21N5O3/c28-20(15-29-17-6-2-1-3-7-17)27-12-5-4-8-18(27)22-24-21(25-30-22)16-9-10-19-23-11-13-26(19)14-16/h1-3,6-7,9-11,13-14,18H,4-5,8,12,15H2/t18-/m1/s1. The second kappa shape index (κ2) is 7.98. The minimum absolute atomic E-state index is 0.0151. The van der Waals surface area contributed by atoms with Gasteiger partial charge in [0.25, 0.3) is 5.91 Å². The Hall–Kier alpha value is -3.68. The second-order valence-electron chi connectivity index (χ2n) is 7.27. The van der Waals surface area contributed by atoms with Crippen molar-refractivity contribution in [3.8, 4) is 17.1 Å². The van der Waals surface area contributed by atoms with Gasteiger partial charge in [-0.2, -0.15) is 4.98 Å². The van der Waals surface area contributed by atoms with Gasteiger partial charge in [0.2, 0.25) is 11.7 Å². The van der Waals surface area contributed by atoms with E-state index in [1.165, 1.54) is 0 Å². The van der Waals surface area contributed by atoms with Gasteiger partial charge >= 0.3 is 0 Å². The van der Waals surface area contributed by atoms with Gasteiger partial charge in [-0.3, -0.25) is 4.79 Å². The topological polar surface area (TPSA) is 85.8 Å². The number of fused-ring (bicyclic) bond motifs is 1. The number of aromatic nitrogens is 4. The van der Waals surface area contributed by atoms with E-state index in [1.54, 1.807) is 11.1 Å². The summed E-state index contributed by atoms with van der Waals surface area (Å²) in [6, 6.07) is 12.9. The van der Waals surface area contributed by atoms with Crippen LogP contribution in [0.3, 0.4) is 0 Å². The van der Waals surface area contributed by atoms with Crippen LogP contribution in [0.5, 0.6) is 5.75 Å². The lowest BCUT2D eigenvalue weighted by Crippen LogP contribution is -2.41. The maximum atomic E-state index is 12.8. The number of carbonyl (C=O) groups is 1. The number of piperidine rings is 1. The summed E-state index contributed by atoms with van der Waals surface area (Å²) in [5, 5.41) is 4.15. The minimum Gasteiger partial charge on any atom is -0.484 e. The van der Waals surface area contributed by atoms with Gasteiger partial charge in [0.1, 0.15) is 17.4 Å². The maximum absolute atomic E-state index is 12.8. The van der Waals surface area contributed by atoms with Crippen LogP contribution in [0, 0.1) is 0 Å². The van der Waals surface area contributed by atoms with E-state index in [2.05, 4.69) is 15.1 Å². The molecule has 5 rings (SSSR count). The zero-order valence-electron chi connectivity index (χ0n) is 16.3. The number of amides is 1. The number of rotatable bonds is 5. The van der Waals surface area contributed by atoms with Gasteiger partial charge < -0.3 is 18.6 Å². The first-order chi connectivity index (χ1) is 14.8. The van der Waals surface area contributed by atoms with E-state index < -0.39 is 0 Å². The van der Waals surface area contributed by atoms with E-state index in [4.69, 9.17) is 9.26 Å². The number of hydrogen-bond donors (Lipinski definition) is 0. The van der Waals surface area contributed by atoms with E-state index >= 15 is 0 Å². The molecule has 4 aromatic rings. The number of carbonyl (C=O) groups excluding carboxylic acids is 1. The third-order valence-corrected chi connectivity index (χ3v) is 5.30. The van der Waals surface area contributed by atoms with Crippen LogP contribution in [0.2, 0.25) is 0 Å². The third kappa shape index (κ3) is 3.63. The van der Waals surface area contributed by atoms with Crippen LogP contribution < -0.4 is 4.74 Å². The number of imidazole rings is 1. The SMILES string of the molecule is O=C(COc1ccccc1)N1CCCC[C@@H]1c1nc(-c2ccc3nccn3c2)no1. The van der Waals surface area contributed by atoms with Crippen molar-refractivity contribution in [2.45, 2.75) is 25.3 Å². The Morgan fingerprint density at radius 3 is 2.97 bits per heavy atom. The molecule has 1 amide bonds. The van der Waals surface area contributed by atoms with Crippen molar-refractivity contribution in [3.63, 3.8) is 0 Å². The molecule has 0 spiro atoms. The molecule has 0 unspecified atom stereocenters. The van der Waals surface area contributed by atoms with Crippen LogP contribution in [0.1, 0.15) is 31.2 Å². The molecule has 30 heavy (non-hydrogen) atoms. The fourth-order valence-electron chi connectivity index (χ4n) is 3.77. The molecule has 1 aliphatic heterocycles. The molecule has 1 aromatic carbocycles. The zero-order valence-corrected chi connectivity index (χ0v) is 16.3. The average molecular weight is 403 g/mol. The average Bonchev–Trinajstić information content (AvgIpc) is 3.47. The van der Waals surface area contributed by atoms with Crippen molar-refractivity contribution in [2.75, 3.05) is 13.2 Å². The molecular formula is C22H21N5O3. The first kappa shape index (κ1) is 18.4. The summed E-state index contributed by atoms with van der Waals surface area (Å²) in [4.78, 5) is 23.5. The Kier molecular flexibility index (Phi) is 4.88. The minimum atomic E-state index is -0.233. The number of benzene rings is 1. The van der Waals surface area contributed by atoms with Crippen LogP contribution in [-0.4, -0.2) is 43.5 Å². The predicted molar refractivity (Wildman–Crippen MR) is 109 cm³/mol. The lowest BCUT2D eigenvalue weighted by atomic mass is 10.0. The summed E-state index contributed by atoms with van der Waals surface area (Å²) in [6.07, 6.45) is 8.27. The molecule has 152 valence electrons. The van der Waals surface area contributed by atoms with Gasteiger partial charge in [0.15, 0.2) is 6.61 Å². The monoisotopic (exact) mass is 403 g/mol. The summed E-state index contributed by atoms with van der Waals surface area (Å²) in [5.74, 6) is 1.56. The maximum Gasteiger partial charge on any atom is 0.261 e. The van der Waals surface area contributed by atoms with Gasteiger partial charge in [0, 0.05) is 30.7 Å². The van der Waals surface area contributed by atoms with Crippen LogP contribution in [0.25, 0.3) is 17.0 Å². The molecule has 0 bridgehead atoms. The lowest BCUT2D eigenvalue weighted by molar-refractivity contribution is -0.138. The van der Waals surface area contributed by atoms with Gasteiger partial charge in [-0.25, -0.2) is 4.98 Å². The Bertz CT molecular complexity index is 1150. The van der Waals surface area contributed by atoms with Crippen LogP contribution >= 0.6 is 0 Å². The van der Waals surface area contributed by atoms with E-state index in [1.807, 2.05) is 59.3 Å². The van der Waals surface area contributed by atoms with Gasteiger partial charge in [-0.15, -0.1) is 0 Å². The smallest absolute Gasteiger partial charge is 0.261 e. The highest BCUT2D eigenvalue weighted by atomic mass is 16.5. The summed E-state index contributed by atoms with van der Waals surface area (Å²) in [7, 11) is 0. The summed E-state index contributed by atoms with van der Waals surface area (Å²) in [5.41, 5.74) is 1.68. The number of likely N-dealkylation sites (tertiary alicyclic amines) is 1. The number of ether oxygens (including phenoxy) is 1. The van der Waals surface area contributed by atoms with Gasteiger partial charge in [-0.1, -0.05) is 23.4 Å². The Labute approximate surface area is 173 Å².